The molecule has 0 atom stereocenters. The highest BCUT2D eigenvalue weighted by atomic mass is 32.2. The summed E-state index contributed by atoms with van der Waals surface area (Å²) >= 11 is 1.83. The molecular formula is C56H36N4S. The predicted octanol–water partition coefficient (Wildman–Crippen LogP) is 15.3. The van der Waals surface area contributed by atoms with Crippen LogP contribution in [0.4, 0.5) is 17.1 Å². The van der Waals surface area contributed by atoms with Crippen molar-refractivity contribution >= 4 is 61.4 Å². The Hall–Kier alpha value is -7.73. The molecule has 286 valence electrons. The van der Waals surface area contributed by atoms with Crippen molar-refractivity contribution in [2.45, 2.75) is 9.79 Å². The number of fused-ring (bicyclic) bond motifs is 7. The van der Waals surface area contributed by atoms with E-state index in [0.717, 1.165) is 55.7 Å². The summed E-state index contributed by atoms with van der Waals surface area (Å²) in [6.07, 6.45) is 0. The molecule has 9 aromatic carbocycles. The third-order valence-electron chi connectivity index (χ3n) is 11.8. The summed E-state index contributed by atoms with van der Waals surface area (Å²) in [5.74, 6) is 0.628. The van der Waals surface area contributed by atoms with Crippen molar-refractivity contribution < 1.29 is 0 Å². The van der Waals surface area contributed by atoms with Gasteiger partial charge in [-0.25, -0.2) is 9.97 Å². The van der Waals surface area contributed by atoms with Gasteiger partial charge in [-0.1, -0.05) is 182 Å². The van der Waals surface area contributed by atoms with E-state index in [0.29, 0.717) is 5.95 Å². The predicted molar refractivity (Wildman–Crippen MR) is 254 cm³/mol. The second kappa shape index (κ2) is 14.5. The molecule has 0 N–H and O–H groups in total. The van der Waals surface area contributed by atoms with Crippen LogP contribution in [0.1, 0.15) is 0 Å². The molecule has 0 fully saturated rings. The van der Waals surface area contributed by atoms with Gasteiger partial charge >= 0.3 is 0 Å². The third-order valence-corrected chi connectivity index (χ3v) is 12.9. The minimum Gasteiger partial charge on any atom is -0.308 e. The average Bonchev–Trinajstić information content (AvgIpc) is 3.69. The first-order valence-corrected chi connectivity index (χ1v) is 21.4. The van der Waals surface area contributed by atoms with Crippen LogP contribution in [0.5, 0.6) is 0 Å². The second-order valence-electron chi connectivity index (χ2n) is 15.4. The highest BCUT2D eigenvalue weighted by Crippen LogP contribution is 2.52. The first kappa shape index (κ1) is 35.2. The Morgan fingerprint density at radius 1 is 0.393 bits per heavy atom. The van der Waals surface area contributed by atoms with Crippen molar-refractivity contribution in [3.63, 3.8) is 0 Å². The van der Waals surface area contributed by atoms with Crippen molar-refractivity contribution in [2.24, 2.45) is 0 Å². The van der Waals surface area contributed by atoms with Gasteiger partial charge < -0.3 is 4.90 Å². The number of aromatic nitrogens is 3. The summed E-state index contributed by atoms with van der Waals surface area (Å²) < 4.78 is 2.30. The van der Waals surface area contributed by atoms with E-state index < -0.39 is 0 Å². The van der Waals surface area contributed by atoms with Crippen molar-refractivity contribution in [3.05, 3.63) is 218 Å². The molecular weight excluding hydrogens is 761 g/mol. The van der Waals surface area contributed by atoms with Crippen LogP contribution in [0.25, 0.3) is 83.3 Å². The number of rotatable bonds is 6. The Morgan fingerprint density at radius 3 is 1.77 bits per heavy atom. The summed E-state index contributed by atoms with van der Waals surface area (Å²) in [7, 11) is 0. The molecule has 0 saturated heterocycles. The van der Waals surface area contributed by atoms with E-state index in [9.17, 15) is 0 Å². The van der Waals surface area contributed by atoms with Crippen molar-refractivity contribution in [2.75, 3.05) is 4.90 Å². The Kier molecular flexibility index (Phi) is 8.39. The lowest BCUT2D eigenvalue weighted by molar-refractivity contribution is 0.996. The number of benzene rings is 9. The van der Waals surface area contributed by atoms with Crippen molar-refractivity contribution in [1.29, 1.82) is 0 Å². The topological polar surface area (TPSA) is 34.0 Å². The Morgan fingerprint density at radius 2 is 0.984 bits per heavy atom. The summed E-state index contributed by atoms with van der Waals surface area (Å²) in [5.41, 5.74) is 14.0. The summed E-state index contributed by atoms with van der Waals surface area (Å²) in [5, 5.41) is 4.75. The van der Waals surface area contributed by atoms with Crippen molar-refractivity contribution in [1.82, 2.24) is 14.5 Å². The fraction of sp³-hybridized carbons (Fsp3) is 0. The largest absolute Gasteiger partial charge is 0.308 e. The first-order chi connectivity index (χ1) is 30.2. The third kappa shape index (κ3) is 6.01. The monoisotopic (exact) mass is 796 g/mol. The molecule has 11 aromatic rings. The zero-order valence-electron chi connectivity index (χ0n) is 33.0. The molecule has 3 heterocycles. The lowest BCUT2D eigenvalue weighted by Crippen LogP contribution is -2.14. The molecule has 0 saturated carbocycles. The van der Waals surface area contributed by atoms with Gasteiger partial charge in [-0.15, -0.1) is 0 Å². The number of nitrogens with zero attached hydrogens (tertiary/aromatic N) is 4. The standard InChI is InChI=1S/C56H36N4S/c1-4-15-37(16-5-1)38-27-29-41(30-28-38)48-36-47(40-18-6-2-7-19-40)57-56(58-48)60-51-34-31-39-17-10-11-22-44(39)54(51)46-24-14-23-45(55(46)60)42-32-33-50-53(35-42)61-52-26-13-12-25-49(52)59(50)43-20-8-3-9-21-43/h1-36H. The van der Waals surface area contributed by atoms with Gasteiger partial charge in [0.25, 0.3) is 0 Å². The zero-order valence-corrected chi connectivity index (χ0v) is 33.8. The van der Waals surface area contributed by atoms with E-state index >= 15 is 0 Å². The van der Waals surface area contributed by atoms with E-state index in [-0.39, 0.29) is 0 Å². The molecule has 4 nitrogen and oxygen atoms in total. The highest BCUT2D eigenvalue weighted by molar-refractivity contribution is 7.99. The van der Waals surface area contributed by atoms with Crippen LogP contribution < -0.4 is 4.90 Å². The Balaban J connectivity index is 1.10. The normalized spacial score (nSPS) is 12.2. The number of hydrogen-bond acceptors (Lipinski definition) is 4. The van der Waals surface area contributed by atoms with Crippen LogP contribution >= 0.6 is 11.8 Å². The molecule has 0 aliphatic carbocycles. The number of hydrogen-bond donors (Lipinski definition) is 0. The van der Waals surface area contributed by atoms with Crippen LogP contribution in [-0.4, -0.2) is 14.5 Å². The van der Waals surface area contributed by atoms with Gasteiger partial charge in [-0.2, -0.15) is 0 Å². The van der Waals surface area contributed by atoms with Gasteiger partial charge in [0.1, 0.15) is 0 Å². The van der Waals surface area contributed by atoms with Crippen molar-refractivity contribution in [3.8, 4) is 50.7 Å². The molecule has 2 aromatic heterocycles. The molecule has 0 unspecified atom stereocenters. The maximum Gasteiger partial charge on any atom is 0.235 e. The Labute approximate surface area is 358 Å². The molecule has 0 amide bonds. The maximum atomic E-state index is 5.47. The van der Waals surface area contributed by atoms with Gasteiger partial charge in [-0.3, -0.25) is 4.57 Å². The van der Waals surface area contributed by atoms with E-state index in [4.69, 9.17) is 9.97 Å². The van der Waals surface area contributed by atoms with Crippen LogP contribution in [0.3, 0.4) is 0 Å². The van der Waals surface area contributed by atoms with Crippen LogP contribution in [0, 0.1) is 0 Å². The molecule has 0 bridgehead atoms. The average molecular weight is 797 g/mol. The second-order valence-corrected chi connectivity index (χ2v) is 16.5. The molecule has 12 rings (SSSR count). The van der Waals surface area contributed by atoms with Gasteiger partial charge in [0.15, 0.2) is 0 Å². The quantitative estimate of drug-likeness (QED) is 0.168. The molecule has 1 aliphatic rings. The molecule has 0 radical (unpaired) electrons. The van der Waals surface area contributed by atoms with E-state index in [1.54, 1.807) is 0 Å². The Bertz CT molecular complexity index is 3430. The zero-order chi connectivity index (χ0) is 40.3. The fourth-order valence-electron chi connectivity index (χ4n) is 8.96. The molecule has 1 aliphatic heterocycles. The first-order valence-electron chi connectivity index (χ1n) is 20.6. The maximum absolute atomic E-state index is 5.47. The smallest absolute Gasteiger partial charge is 0.235 e. The van der Waals surface area contributed by atoms with Crippen LogP contribution in [-0.2, 0) is 0 Å². The van der Waals surface area contributed by atoms with E-state index in [2.05, 4.69) is 222 Å². The van der Waals surface area contributed by atoms with Gasteiger partial charge in [0.05, 0.1) is 33.8 Å². The molecule has 5 heteroatoms. The minimum absolute atomic E-state index is 0.628. The van der Waals surface area contributed by atoms with E-state index in [1.165, 1.54) is 48.5 Å². The summed E-state index contributed by atoms with van der Waals surface area (Å²) in [6, 6.07) is 77.9. The molecule has 0 spiro atoms. The minimum atomic E-state index is 0.628. The van der Waals surface area contributed by atoms with Gasteiger partial charge in [0, 0.05) is 42.9 Å². The number of para-hydroxylation sites is 3. The summed E-state index contributed by atoms with van der Waals surface area (Å²) in [4.78, 5) is 15.7. The highest BCUT2D eigenvalue weighted by Gasteiger charge is 2.27. The summed E-state index contributed by atoms with van der Waals surface area (Å²) in [6.45, 7) is 0. The number of anilines is 3. The van der Waals surface area contributed by atoms with Crippen LogP contribution in [0.2, 0.25) is 0 Å². The fourth-order valence-corrected chi connectivity index (χ4v) is 10.1. The SMILES string of the molecule is c1ccc(-c2ccc(-c3cc(-c4ccccc4)nc(-n4c5ccc6ccccc6c5c5cccc(-c6ccc7c(c6)Sc6ccccc6N7c6ccccc6)c54)n3)cc2)cc1. The van der Waals surface area contributed by atoms with Crippen LogP contribution in [0.15, 0.2) is 228 Å². The lowest BCUT2D eigenvalue weighted by atomic mass is 9.99. The molecule has 61 heavy (non-hydrogen) atoms. The van der Waals surface area contributed by atoms with Gasteiger partial charge in [0.2, 0.25) is 5.95 Å². The van der Waals surface area contributed by atoms with E-state index in [1.807, 2.05) is 17.8 Å². The lowest BCUT2D eigenvalue weighted by Gasteiger charge is -2.33. The van der Waals surface area contributed by atoms with Gasteiger partial charge in [-0.05, 0) is 76.0 Å².